The van der Waals surface area contributed by atoms with Crippen LogP contribution in [-0.2, 0) is 0 Å². The number of guanidine groups is 1. The van der Waals surface area contributed by atoms with Crippen LogP contribution in [0.1, 0.15) is 31.9 Å². The minimum Gasteiger partial charge on any atom is -1.00 e. The van der Waals surface area contributed by atoms with Crippen molar-refractivity contribution in [2.45, 2.75) is 26.8 Å². The molecule has 1 aliphatic heterocycles. The number of hydrogen-bond donors (Lipinski definition) is 3. The van der Waals surface area contributed by atoms with Crippen LogP contribution in [0.2, 0.25) is 5.02 Å². The highest BCUT2D eigenvalue weighted by molar-refractivity contribution is 6.30. The molecule has 0 aromatic heterocycles. The zero-order valence-electron chi connectivity index (χ0n) is 15.6. The van der Waals surface area contributed by atoms with Crippen LogP contribution in [-0.4, -0.2) is 17.7 Å². The molecule has 142 valence electrons. The van der Waals surface area contributed by atoms with Crippen LogP contribution in [0, 0.1) is 5.92 Å². The Hall–Kier alpha value is -2.30. The quantitative estimate of drug-likeness (QED) is 0.488. The molecule has 0 saturated heterocycles. The Balaban J connectivity index is 0.00000261. The first-order chi connectivity index (χ1) is 12.5. The van der Waals surface area contributed by atoms with Gasteiger partial charge in [0.25, 0.3) is 0 Å². The molecule has 1 unspecified atom stereocenters. The van der Waals surface area contributed by atoms with E-state index >= 15 is 0 Å². The van der Waals surface area contributed by atoms with Gasteiger partial charge in [-0.3, -0.25) is 4.99 Å². The Morgan fingerprint density at radius 2 is 1.78 bits per heavy atom. The molecule has 1 atom stereocenters. The number of nitrogens with one attached hydrogen (secondary N) is 3. The third-order valence-electron chi connectivity index (χ3n) is 4.32. The van der Waals surface area contributed by atoms with Gasteiger partial charge >= 0.3 is 5.96 Å². The summed E-state index contributed by atoms with van der Waals surface area (Å²) >= 11 is 5.95. The number of hydrazone groups is 1. The van der Waals surface area contributed by atoms with Gasteiger partial charge < -0.3 is 12.4 Å². The van der Waals surface area contributed by atoms with Crippen LogP contribution in [0.5, 0.6) is 0 Å². The van der Waals surface area contributed by atoms with Gasteiger partial charge in [-0.15, -0.1) is 5.10 Å². The Morgan fingerprint density at radius 3 is 2.41 bits per heavy atom. The Morgan fingerprint density at radius 1 is 1.11 bits per heavy atom. The molecule has 0 amide bonds. The van der Waals surface area contributed by atoms with Crippen molar-refractivity contribution < 1.29 is 17.4 Å². The SMILES string of the molecule is C/C(=N\NC1=[NH+]C(C(C)C)C=C(c2ccccc2)N1)c1ccc(Cl)cc1.[Cl-]. The standard InChI is InChI=1S/C21H23ClN4.ClH/c1-14(2)19-13-20(17-7-5-4-6-8-17)24-21(23-19)26-25-15(3)16-9-11-18(22)12-10-16;/h4-14,19H,1-3H3,(H2,23,24,26);1H/b25-15+;. The topological polar surface area (TPSA) is 50.4 Å². The molecule has 3 rings (SSSR count). The van der Waals surface area contributed by atoms with Crippen molar-refractivity contribution in [3.05, 3.63) is 76.8 Å². The highest BCUT2D eigenvalue weighted by Gasteiger charge is 2.23. The van der Waals surface area contributed by atoms with Crippen LogP contribution in [0.3, 0.4) is 0 Å². The van der Waals surface area contributed by atoms with Gasteiger partial charge in [-0.2, -0.15) is 5.43 Å². The van der Waals surface area contributed by atoms with E-state index < -0.39 is 0 Å². The molecule has 3 N–H and O–H groups in total. The van der Waals surface area contributed by atoms with E-state index in [2.05, 4.69) is 52.9 Å². The van der Waals surface area contributed by atoms with Gasteiger partial charge in [0.2, 0.25) is 0 Å². The van der Waals surface area contributed by atoms with E-state index in [4.69, 9.17) is 11.6 Å². The van der Waals surface area contributed by atoms with Gasteiger partial charge in [0.15, 0.2) is 0 Å². The summed E-state index contributed by atoms with van der Waals surface area (Å²) in [6, 6.07) is 18.2. The predicted molar refractivity (Wildman–Crippen MR) is 109 cm³/mol. The maximum Gasteiger partial charge on any atom is 0.372 e. The van der Waals surface area contributed by atoms with E-state index in [-0.39, 0.29) is 18.4 Å². The Labute approximate surface area is 171 Å². The maximum absolute atomic E-state index is 5.95. The van der Waals surface area contributed by atoms with Crippen molar-refractivity contribution in [1.82, 2.24) is 10.7 Å². The van der Waals surface area contributed by atoms with Crippen molar-refractivity contribution in [3.8, 4) is 0 Å². The predicted octanol–water partition coefficient (Wildman–Crippen LogP) is -0.237. The number of hydrogen-bond acceptors (Lipinski definition) is 3. The second-order valence-electron chi connectivity index (χ2n) is 6.68. The molecule has 1 aliphatic rings. The smallest absolute Gasteiger partial charge is 0.372 e. The molecule has 1 heterocycles. The van der Waals surface area contributed by atoms with Crippen molar-refractivity contribution in [1.29, 1.82) is 0 Å². The molecule has 0 aliphatic carbocycles. The number of nitrogens with zero attached hydrogens (tertiary/aromatic N) is 1. The lowest BCUT2D eigenvalue weighted by Gasteiger charge is -2.19. The van der Waals surface area contributed by atoms with Crippen molar-refractivity contribution in [2.75, 3.05) is 0 Å². The highest BCUT2D eigenvalue weighted by Crippen LogP contribution is 2.14. The van der Waals surface area contributed by atoms with E-state index in [1.54, 1.807) is 0 Å². The summed E-state index contributed by atoms with van der Waals surface area (Å²) in [5, 5.41) is 8.62. The van der Waals surface area contributed by atoms with Crippen LogP contribution >= 0.6 is 11.6 Å². The molecule has 6 heteroatoms. The van der Waals surface area contributed by atoms with Crippen LogP contribution in [0.15, 0.2) is 65.8 Å². The zero-order chi connectivity index (χ0) is 18.5. The van der Waals surface area contributed by atoms with Gasteiger partial charge in [0, 0.05) is 10.6 Å². The molecule has 0 bridgehead atoms. The summed E-state index contributed by atoms with van der Waals surface area (Å²) in [5.74, 6) is 1.23. The van der Waals surface area contributed by atoms with Gasteiger partial charge in [-0.05, 0) is 36.6 Å². The van der Waals surface area contributed by atoms with Crippen molar-refractivity contribution in [3.63, 3.8) is 0 Å². The molecule has 4 nitrogen and oxygen atoms in total. The number of benzene rings is 2. The molecule has 0 radical (unpaired) electrons. The monoisotopic (exact) mass is 402 g/mol. The summed E-state index contributed by atoms with van der Waals surface area (Å²) in [6.07, 6.45) is 2.22. The van der Waals surface area contributed by atoms with Crippen LogP contribution < -0.4 is 28.1 Å². The lowest BCUT2D eigenvalue weighted by atomic mass is 10.0. The fourth-order valence-electron chi connectivity index (χ4n) is 2.70. The van der Waals surface area contributed by atoms with E-state index in [9.17, 15) is 0 Å². The molecular weight excluding hydrogens is 379 g/mol. The minimum absolute atomic E-state index is 0. The zero-order valence-corrected chi connectivity index (χ0v) is 17.1. The van der Waals surface area contributed by atoms with Gasteiger partial charge in [-0.1, -0.05) is 67.9 Å². The van der Waals surface area contributed by atoms with Gasteiger partial charge in [-0.25, -0.2) is 5.32 Å². The van der Waals surface area contributed by atoms with E-state index in [0.717, 1.165) is 33.5 Å². The molecular formula is C21H24Cl2N4. The second kappa shape index (κ2) is 9.58. The second-order valence-corrected chi connectivity index (χ2v) is 7.11. The first-order valence-electron chi connectivity index (χ1n) is 8.77. The highest BCUT2D eigenvalue weighted by atomic mass is 35.5. The van der Waals surface area contributed by atoms with E-state index in [1.165, 1.54) is 0 Å². The van der Waals surface area contributed by atoms with E-state index in [0.29, 0.717) is 5.92 Å². The average Bonchev–Trinajstić information content (AvgIpc) is 2.67. The normalized spacial score (nSPS) is 16.8. The fraction of sp³-hybridized carbons (Fsp3) is 0.238. The lowest BCUT2D eigenvalue weighted by Crippen LogP contribution is -3.00. The molecule has 0 saturated carbocycles. The van der Waals surface area contributed by atoms with Gasteiger partial charge in [0.1, 0.15) is 5.70 Å². The number of halogens is 2. The fourth-order valence-corrected chi connectivity index (χ4v) is 2.83. The van der Waals surface area contributed by atoms with Crippen LogP contribution in [0.4, 0.5) is 0 Å². The van der Waals surface area contributed by atoms with Crippen molar-refractivity contribution >= 4 is 29.0 Å². The van der Waals surface area contributed by atoms with Crippen LogP contribution in [0.25, 0.3) is 5.70 Å². The third kappa shape index (κ3) is 5.59. The molecule has 0 spiro atoms. The molecule has 2 aromatic carbocycles. The summed E-state index contributed by atoms with van der Waals surface area (Å²) in [5.41, 5.74) is 7.26. The Kier molecular flexibility index (Phi) is 7.45. The molecule has 27 heavy (non-hydrogen) atoms. The summed E-state index contributed by atoms with van der Waals surface area (Å²) in [6.45, 7) is 6.36. The summed E-state index contributed by atoms with van der Waals surface area (Å²) in [4.78, 5) is 3.46. The summed E-state index contributed by atoms with van der Waals surface area (Å²) < 4.78 is 0. The molecule has 2 aromatic rings. The Bertz CT molecular complexity index is 840. The first-order valence-corrected chi connectivity index (χ1v) is 9.14. The third-order valence-corrected chi connectivity index (χ3v) is 4.57. The molecule has 0 fully saturated rings. The average molecular weight is 403 g/mol. The maximum atomic E-state index is 5.95. The van der Waals surface area contributed by atoms with Gasteiger partial charge in [0.05, 0.1) is 11.8 Å². The summed E-state index contributed by atoms with van der Waals surface area (Å²) in [7, 11) is 0. The lowest BCUT2D eigenvalue weighted by molar-refractivity contribution is -0.503. The number of rotatable bonds is 4. The first kappa shape index (κ1) is 21.0. The largest absolute Gasteiger partial charge is 1.00 e. The van der Waals surface area contributed by atoms with E-state index in [1.807, 2.05) is 49.4 Å². The minimum atomic E-state index is 0. The van der Waals surface area contributed by atoms with Crippen molar-refractivity contribution in [2.24, 2.45) is 11.0 Å².